The van der Waals surface area contributed by atoms with E-state index in [1.54, 1.807) is 11.0 Å². The fourth-order valence-electron chi connectivity index (χ4n) is 6.07. The number of fused-ring (bicyclic) bond motifs is 2. The smallest absolute Gasteiger partial charge is 0.229 e. The van der Waals surface area contributed by atoms with Crippen molar-refractivity contribution in [2.45, 2.75) is 45.2 Å². The van der Waals surface area contributed by atoms with E-state index < -0.39 is 12.4 Å². The second-order valence-electron chi connectivity index (χ2n) is 10.1. The lowest BCUT2D eigenvalue weighted by Crippen LogP contribution is -2.51. The van der Waals surface area contributed by atoms with Crippen LogP contribution >= 0.6 is 0 Å². The first-order valence-corrected chi connectivity index (χ1v) is 12.6. The molecule has 0 radical (unpaired) electrons. The number of hydrogen-bond donors (Lipinski definition) is 2. The minimum atomic E-state index is -0.880. The van der Waals surface area contributed by atoms with E-state index in [0.29, 0.717) is 32.2 Å². The summed E-state index contributed by atoms with van der Waals surface area (Å²) in [6, 6.07) is 3.73. The number of rotatable bonds is 4. The Labute approximate surface area is 209 Å². The predicted octanol–water partition coefficient (Wildman–Crippen LogP) is 0.941. The molecule has 1 saturated heterocycles. The summed E-state index contributed by atoms with van der Waals surface area (Å²) < 4.78 is 6.92. The van der Waals surface area contributed by atoms with Gasteiger partial charge in [0.1, 0.15) is 12.2 Å². The van der Waals surface area contributed by atoms with Gasteiger partial charge in [0.25, 0.3) is 0 Å². The average molecular weight is 494 g/mol. The number of aliphatic hydroxyl groups is 2. The molecule has 3 aliphatic heterocycles. The van der Waals surface area contributed by atoms with Crippen molar-refractivity contribution < 1.29 is 19.7 Å². The standard InChI is InChI=1S/C25H31N7O4/c1-15-17(4-5-19-21(15)13-36-25(19)35)22(33)12-30-6-8-31(9-7-30)24(34)18-3-2-16-10-23(26-11-20(16)18)32-14-27-28-29-32/h4-5,11,14,16,18,22,25,33,35H,2-3,6-10,12-13H2,1H3. The molecule has 4 aliphatic rings. The summed E-state index contributed by atoms with van der Waals surface area (Å²) in [7, 11) is 0. The zero-order valence-electron chi connectivity index (χ0n) is 20.3. The number of carbonyl (C=O) groups excluding carboxylic acids is 1. The lowest BCUT2D eigenvalue weighted by molar-refractivity contribution is -0.136. The molecule has 2 N–H and O–H groups in total. The van der Waals surface area contributed by atoms with Gasteiger partial charge in [-0.15, -0.1) is 5.10 Å². The van der Waals surface area contributed by atoms with Gasteiger partial charge in [-0.05, 0) is 58.4 Å². The highest BCUT2D eigenvalue weighted by Gasteiger charge is 2.40. The Morgan fingerprint density at radius 3 is 2.83 bits per heavy atom. The van der Waals surface area contributed by atoms with Crippen LogP contribution in [0.2, 0.25) is 0 Å². The van der Waals surface area contributed by atoms with Crippen molar-refractivity contribution in [1.82, 2.24) is 30.0 Å². The maximum atomic E-state index is 13.4. The highest BCUT2D eigenvalue weighted by atomic mass is 16.6. The normalized spacial score (nSPS) is 26.9. The summed E-state index contributed by atoms with van der Waals surface area (Å²) in [5, 5.41) is 32.2. The van der Waals surface area contributed by atoms with E-state index in [0.717, 1.165) is 66.0 Å². The van der Waals surface area contributed by atoms with Gasteiger partial charge in [0.15, 0.2) is 6.29 Å². The number of benzene rings is 1. The molecule has 1 amide bonds. The maximum absolute atomic E-state index is 13.4. The number of hydrogen-bond acceptors (Lipinski definition) is 9. The van der Waals surface area contributed by atoms with Crippen molar-refractivity contribution in [1.29, 1.82) is 0 Å². The Bertz CT molecular complexity index is 1200. The Kier molecular flexibility index (Phi) is 6.16. The molecule has 11 heteroatoms. The van der Waals surface area contributed by atoms with Crippen LogP contribution in [-0.2, 0) is 16.1 Å². The van der Waals surface area contributed by atoms with Crippen LogP contribution in [0.3, 0.4) is 0 Å². The Morgan fingerprint density at radius 1 is 1.22 bits per heavy atom. The average Bonchev–Trinajstić information content (AvgIpc) is 3.64. The molecule has 1 aromatic heterocycles. The second-order valence-corrected chi connectivity index (χ2v) is 10.1. The molecule has 4 atom stereocenters. The molecule has 190 valence electrons. The van der Waals surface area contributed by atoms with Crippen molar-refractivity contribution in [2.75, 3.05) is 32.7 Å². The molecule has 1 aliphatic carbocycles. The van der Waals surface area contributed by atoms with Gasteiger partial charge in [-0.3, -0.25) is 9.69 Å². The third kappa shape index (κ3) is 4.15. The van der Waals surface area contributed by atoms with Gasteiger partial charge in [-0.1, -0.05) is 12.1 Å². The fourth-order valence-corrected chi connectivity index (χ4v) is 6.07. The number of aromatic nitrogens is 4. The molecule has 1 aromatic carbocycles. The van der Waals surface area contributed by atoms with E-state index in [1.165, 1.54) is 0 Å². The van der Waals surface area contributed by atoms with E-state index >= 15 is 0 Å². The number of nitrogens with zero attached hydrogens (tertiary/aromatic N) is 7. The number of carbonyl (C=O) groups is 1. The highest BCUT2D eigenvalue weighted by molar-refractivity contribution is 5.88. The summed E-state index contributed by atoms with van der Waals surface area (Å²) >= 11 is 0. The molecule has 2 aromatic rings. The highest BCUT2D eigenvalue weighted by Crippen LogP contribution is 2.42. The zero-order chi connectivity index (χ0) is 24.8. The van der Waals surface area contributed by atoms with E-state index in [2.05, 4.69) is 25.4 Å². The minimum absolute atomic E-state index is 0.0991. The molecule has 11 nitrogen and oxygen atoms in total. The van der Waals surface area contributed by atoms with Crippen molar-refractivity contribution >= 4 is 11.7 Å². The number of piperazine rings is 1. The van der Waals surface area contributed by atoms with Gasteiger partial charge in [0.2, 0.25) is 5.91 Å². The van der Waals surface area contributed by atoms with Crippen molar-refractivity contribution in [3.05, 3.63) is 52.5 Å². The van der Waals surface area contributed by atoms with E-state index in [1.807, 2.05) is 30.2 Å². The van der Waals surface area contributed by atoms with Gasteiger partial charge in [-0.25, -0.2) is 4.99 Å². The van der Waals surface area contributed by atoms with Crippen LogP contribution in [0.1, 0.15) is 53.9 Å². The van der Waals surface area contributed by atoms with Crippen LogP contribution in [0.15, 0.2) is 35.2 Å². The van der Waals surface area contributed by atoms with Gasteiger partial charge in [0, 0.05) is 50.9 Å². The Balaban J connectivity index is 1.05. The molecule has 0 spiro atoms. The summed E-state index contributed by atoms with van der Waals surface area (Å²) in [4.78, 5) is 22.1. The number of tetrazole rings is 1. The third-order valence-corrected chi connectivity index (χ3v) is 8.18. The third-order valence-electron chi connectivity index (χ3n) is 8.18. The minimum Gasteiger partial charge on any atom is -0.387 e. The van der Waals surface area contributed by atoms with Crippen molar-refractivity contribution in [3.8, 4) is 0 Å². The lowest BCUT2D eigenvalue weighted by atomic mass is 9.92. The fraction of sp³-hybridized carbons (Fsp3) is 0.560. The van der Waals surface area contributed by atoms with Crippen LogP contribution in [0.5, 0.6) is 0 Å². The number of aliphatic imine (C=N–C) groups is 1. The summed E-state index contributed by atoms with van der Waals surface area (Å²) in [6.07, 6.45) is 4.47. The largest absolute Gasteiger partial charge is 0.387 e. The van der Waals surface area contributed by atoms with E-state index in [4.69, 9.17) is 4.74 Å². The van der Waals surface area contributed by atoms with Crippen LogP contribution in [0.25, 0.3) is 0 Å². The number of ether oxygens (including phenoxy) is 1. The van der Waals surface area contributed by atoms with E-state index in [9.17, 15) is 15.0 Å². The zero-order valence-corrected chi connectivity index (χ0v) is 20.3. The van der Waals surface area contributed by atoms with Crippen LogP contribution in [0.4, 0.5) is 0 Å². The first-order valence-electron chi connectivity index (χ1n) is 12.6. The summed E-state index contributed by atoms with van der Waals surface area (Å²) in [5.74, 6) is 1.22. The quantitative estimate of drug-likeness (QED) is 0.644. The predicted molar refractivity (Wildman–Crippen MR) is 128 cm³/mol. The molecule has 1 saturated carbocycles. The molecule has 0 bridgehead atoms. The first-order chi connectivity index (χ1) is 17.5. The number of aliphatic hydroxyl groups excluding tert-OH is 2. The molecule has 2 fully saturated rings. The topological polar surface area (TPSA) is 129 Å². The van der Waals surface area contributed by atoms with Gasteiger partial charge in [-0.2, -0.15) is 4.68 Å². The van der Waals surface area contributed by atoms with E-state index in [-0.39, 0.29) is 11.8 Å². The summed E-state index contributed by atoms with van der Waals surface area (Å²) in [5.41, 5.74) is 4.74. The molecular weight excluding hydrogens is 462 g/mol. The SMILES string of the molecule is Cc1c(C(O)CN2CCN(C(=O)C3CCC4CC(n5cnnn5)=NC=C43)CC2)ccc2c1COC2O. The molecule has 4 heterocycles. The van der Waals surface area contributed by atoms with Crippen molar-refractivity contribution in [3.63, 3.8) is 0 Å². The number of amides is 1. The van der Waals surface area contributed by atoms with Gasteiger partial charge >= 0.3 is 0 Å². The maximum Gasteiger partial charge on any atom is 0.229 e. The van der Waals surface area contributed by atoms with Crippen LogP contribution in [0, 0.1) is 18.8 Å². The molecule has 6 rings (SSSR count). The van der Waals surface area contributed by atoms with Crippen LogP contribution in [-0.4, -0.2) is 84.7 Å². The Morgan fingerprint density at radius 2 is 2.06 bits per heavy atom. The van der Waals surface area contributed by atoms with Gasteiger partial charge in [0.05, 0.1) is 18.6 Å². The molecule has 4 unspecified atom stereocenters. The Hall–Kier alpha value is -2.99. The van der Waals surface area contributed by atoms with Crippen LogP contribution < -0.4 is 0 Å². The molecule has 36 heavy (non-hydrogen) atoms. The lowest BCUT2D eigenvalue weighted by Gasteiger charge is -2.37. The first kappa shape index (κ1) is 23.4. The van der Waals surface area contributed by atoms with Crippen molar-refractivity contribution in [2.24, 2.45) is 16.8 Å². The molecular formula is C25H31N7O4. The second kappa shape index (κ2) is 9.47. The summed E-state index contributed by atoms with van der Waals surface area (Å²) in [6.45, 7) is 5.62. The van der Waals surface area contributed by atoms with Gasteiger partial charge < -0.3 is 19.8 Å². The monoisotopic (exact) mass is 493 g/mol. The number of β-amino-alcohol motifs (C(OH)–C–C–N with tert-alkyl or cyclic N) is 1.